The molecule has 0 aliphatic rings. The fourth-order valence-corrected chi connectivity index (χ4v) is 2.18. The van der Waals surface area contributed by atoms with Gasteiger partial charge in [-0.25, -0.2) is 4.98 Å². The van der Waals surface area contributed by atoms with Crippen LogP contribution in [0.5, 0.6) is 11.5 Å². The molecule has 0 saturated heterocycles. The topological polar surface area (TPSA) is 31.4 Å². The SMILES string of the molecule is COc1ccc(OC)c2c(Cl)cc(C(C)C)nc12. The second-order valence-corrected chi connectivity index (χ2v) is 4.78. The van der Waals surface area contributed by atoms with Crippen molar-refractivity contribution in [1.29, 1.82) is 0 Å². The maximum absolute atomic E-state index is 6.34. The third kappa shape index (κ3) is 2.10. The zero-order valence-corrected chi connectivity index (χ0v) is 11.7. The summed E-state index contributed by atoms with van der Waals surface area (Å²) >= 11 is 6.34. The Labute approximate surface area is 112 Å². The number of hydrogen-bond acceptors (Lipinski definition) is 3. The molecule has 96 valence electrons. The molecule has 2 rings (SSSR count). The second kappa shape index (κ2) is 5.02. The molecule has 1 heterocycles. The number of ether oxygens (including phenoxy) is 2. The molecule has 0 fully saturated rings. The van der Waals surface area contributed by atoms with Gasteiger partial charge in [0.1, 0.15) is 17.0 Å². The first kappa shape index (κ1) is 13.0. The van der Waals surface area contributed by atoms with Gasteiger partial charge in [-0.05, 0) is 24.1 Å². The van der Waals surface area contributed by atoms with Crippen LogP contribution in [0, 0.1) is 0 Å². The van der Waals surface area contributed by atoms with Crippen molar-refractivity contribution >= 4 is 22.5 Å². The molecule has 0 amide bonds. The molecule has 0 atom stereocenters. The summed E-state index contributed by atoms with van der Waals surface area (Å²) in [7, 11) is 3.24. The minimum Gasteiger partial charge on any atom is -0.496 e. The summed E-state index contributed by atoms with van der Waals surface area (Å²) in [5.74, 6) is 1.72. The zero-order valence-electron chi connectivity index (χ0n) is 11.0. The largest absolute Gasteiger partial charge is 0.496 e. The van der Waals surface area contributed by atoms with Gasteiger partial charge in [0, 0.05) is 5.69 Å². The van der Waals surface area contributed by atoms with Gasteiger partial charge in [-0.15, -0.1) is 0 Å². The molecule has 0 spiro atoms. The first-order chi connectivity index (χ1) is 8.58. The Hall–Kier alpha value is -1.48. The predicted molar refractivity (Wildman–Crippen MR) is 73.9 cm³/mol. The van der Waals surface area contributed by atoms with Crippen molar-refractivity contribution < 1.29 is 9.47 Å². The highest BCUT2D eigenvalue weighted by atomic mass is 35.5. The van der Waals surface area contributed by atoms with Crippen LogP contribution in [0.25, 0.3) is 10.9 Å². The van der Waals surface area contributed by atoms with Gasteiger partial charge in [-0.3, -0.25) is 0 Å². The molecule has 3 nitrogen and oxygen atoms in total. The Balaban J connectivity index is 2.84. The van der Waals surface area contributed by atoms with Crippen LogP contribution in [-0.4, -0.2) is 19.2 Å². The van der Waals surface area contributed by atoms with E-state index in [2.05, 4.69) is 18.8 Å². The average Bonchev–Trinajstić information content (AvgIpc) is 2.37. The van der Waals surface area contributed by atoms with Gasteiger partial charge in [0.15, 0.2) is 0 Å². The monoisotopic (exact) mass is 265 g/mol. The first-order valence-corrected chi connectivity index (χ1v) is 6.17. The Kier molecular flexibility index (Phi) is 3.62. The third-order valence-electron chi connectivity index (χ3n) is 2.89. The molecule has 1 aromatic heterocycles. The molecule has 0 saturated carbocycles. The summed E-state index contributed by atoms with van der Waals surface area (Å²) in [6.45, 7) is 4.16. The van der Waals surface area contributed by atoms with Crippen LogP contribution in [-0.2, 0) is 0 Å². The summed E-state index contributed by atoms with van der Waals surface area (Å²) in [6, 6.07) is 5.56. The Morgan fingerprint density at radius 3 is 2.28 bits per heavy atom. The zero-order chi connectivity index (χ0) is 13.3. The number of nitrogens with zero attached hydrogens (tertiary/aromatic N) is 1. The number of hydrogen-bond donors (Lipinski definition) is 0. The summed E-state index contributed by atoms with van der Waals surface area (Å²) in [5.41, 5.74) is 1.69. The number of aromatic nitrogens is 1. The highest BCUT2D eigenvalue weighted by Crippen LogP contribution is 2.37. The van der Waals surface area contributed by atoms with Crippen molar-refractivity contribution in [3.8, 4) is 11.5 Å². The summed E-state index contributed by atoms with van der Waals surface area (Å²) in [6.07, 6.45) is 0. The van der Waals surface area contributed by atoms with Crippen molar-refractivity contribution in [2.24, 2.45) is 0 Å². The van der Waals surface area contributed by atoms with Crippen LogP contribution in [0.4, 0.5) is 0 Å². The molecule has 1 aromatic carbocycles. The van der Waals surface area contributed by atoms with Gasteiger partial charge in [-0.1, -0.05) is 25.4 Å². The maximum atomic E-state index is 6.34. The van der Waals surface area contributed by atoms with Crippen molar-refractivity contribution in [2.75, 3.05) is 14.2 Å². The number of pyridine rings is 1. The van der Waals surface area contributed by atoms with Crippen molar-refractivity contribution in [2.45, 2.75) is 19.8 Å². The van der Waals surface area contributed by atoms with E-state index in [4.69, 9.17) is 21.1 Å². The van der Waals surface area contributed by atoms with Gasteiger partial charge in [0.2, 0.25) is 0 Å². The van der Waals surface area contributed by atoms with E-state index in [9.17, 15) is 0 Å². The third-order valence-corrected chi connectivity index (χ3v) is 3.19. The molecule has 0 radical (unpaired) electrons. The number of rotatable bonds is 3. The summed E-state index contributed by atoms with van der Waals surface area (Å²) in [5, 5.41) is 1.43. The van der Waals surface area contributed by atoms with Gasteiger partial charge < -0.3 is 9.47 Å². The normalized spacial score (nSPS) is 11.0. The minimum absolute atomic E-state index is 0.308. The average molecular weight is 266 g/mol. The van der Waals surface area contributed by atoms with Crippen molar-refractivity contribution in [1.82, 2.24) is 4.98 Å². The maximum Gasteiger partial charge on any atom is 0.145 e. The molecule has 0 N–H and O–H groups in total. The van der Waals surface area contributed by atoms with E-state index in [0.29, 0.717) is 22.4 Å². The Morgan fingerprint density at radius 2 is 1.72 bits per heavy atom. The quantitative estimate of drug-likeness (QED) is 0.840. The molecular weight excluding hydrogens is 250 g/mol. The van der Waals surface area contributed by atoms with Crippen LogP contribution in [0.3, 0.4) is 0 Å². The highest BCUT2D eigenvalue weighted by Gasteiger charge is 2.14. The molecule has 0 bridgehead atoms. The van der Waals surface area contributed by atoms with Gasteiger partial charge in [0.25, 0.3) is 0 Å². The minimum atomic E-state index is 0.308. The number of halogens is 1. The van der Waals surface area contributed by atoms with Crippen LogP contribution >= 0.6 is 11.6 Å². The second-order valence-electron chi connectivity index (χ2n) is 4.38. The van der Waals surface area contributed by atoms with Crippen LogP contribution in [0.1, 0.15) is 25.5 Å². The molecule has 0 unspecified atom stereocenters. The standard InChI is InChI=1S/C14H16ClNO2/c1-8(2)10-7-9(15)13-11(17-3)5-6-12(18-4)14(13)16-10/h5-8H,1-4H3. The first-order valence-electron chi connectivity index (χ1n) is 5.79. The molecular formula is C14H16ClNO2. The van der Waals surface area contributed by atoms with E-state index in [1.165, 1.54) is 0 Å². The molecule has 0 aliphatic heterocycles. The van der Waals surface area contributed by atoms with E-state index >= 15 is 0 Å². The van der Waals surface area contributed by atoms with Gasteiger partial charge in [-0.2, -0.15) is 0 Å². The lowest BCUT2D eigenvalue weighted by Gasteiger charge is -2.13. The number of fused-ring (bicyclic) bond motifs is 1. The van der Waals surface area contributed by atoms with Crippen LogP contribution in [0.2, 0.25) is 5.02 Å². The molecule has 2 aromatic rings. The van der Waals surface area contributed by atoms with E-state index in [-0.39, 0.29) is 0 Å². The van der Waals surface area contributed by atoms with E-state index < -0.39 is 0 Å². The van der Waals surface area contributed by atoms with E-state index in [1.807, 2.05) is 18.2 Å². The number of benzene rings is 1. The molecule has 4 heteroatoms. The van der Waals surface area contributed by atoms with Gasteiger partial charge in [0.05, 0.1) is 24.6 Å². The van der Waals surface area contributed by atoms with E-state index in [0.717, 1.165) is 16.6 Å². The molecule has 18 heavy (non-hydrogen) atoms. The fourth-order valence-electron chi connectivity index (χ4n) is 1.89. The lowest BCUT2D eigenvalue weighted by atomic mass is 10.1. The summed E-state index contributed by atoms with van der Waals surface area (Å²) < 4.78 is 10.7. The van der Waals surface area contributed by atoms with Crippen molar-refractivity contribution in [3.63, 3.8) is 0 Å². The fraction of sp³-hybridized carbons (Fsp3) is 0.357. The van der Waals surface area contributed by atoms with Crippen LogP contribution < -0.4 is 9.47 Å². The lowest BCUT2D eigenvalue weighted by molar-refractivity contribution is 0.409. The smallest absolute Gasteiger partial charge is 0.145 e. The van der Waals surface area contributed by atoms with Crippen LogP contribution in [0.15, 0.2) is 18.2 Å². The number of methoxy groups -OCH3 is 2. The highest BCUT2D eigenvalue weighted by molar-refractivity contribution is 6.36. The summed E-state index contributed by atoms with van der Waals surface area (Å²) in [4.78, 5) is 4.63. The Bertz CT molecular complexity index is 582. The van der Waals surface area contributed by atoms with E-state index in [1.54, 1.807) is 14.2 Å². The molecule has 0 aliphatic carbocycles. The Morgan fingerprint density at radius 1 is 1.11 bits per heavy atom. The predicted octanol–water partition coefficient (Wildman–Crippen LogP) is 4.03. The lowest BCUT2D eigenvalue weighted by Crippen LogP contribution is -1.97. The van der Waals surface area contributed by atoms with Crippen molar-refractivity contribution in [3.05, 3.63) is 28.9 Å². The van der Waals surface area contributed by atoms with Gasteiger partial charge >= 0.3 is 0 Å².